The van der Waals surface area contributed by atoms with E-state index < -0.39 is 0 Å². The van der Waals surface area contributed by atoms with E-state index in [1.807, 2.05) is 6.92 Å². The standard InChI is InChI=1S/C17H18N2O3/c1-2-10-22-16-8-6-14(7-9-16)17(21)19-18-12-13-4-3-5-15(20)11-13/h3-9,11-12,20H,2,10H2,1H3,(H,19,21)/b18-12+. The highest BCUT2D eigenvalue weighted by atomic mass is 16.5. The van der Waals surface area contributed by atoms with Gasteiger partial charge in [-0.3, -0.25) is 4.79 Å². The van der Waals surface area contributed by atoms with Crippen molar-refractivity contribution in [1.82, 2.24) is 5.43 Å². The molecule has 0 fully saturated rings. The van der Waals surface area contributed by atoms with Crippen LogP contribution in [0.1, 0.15) is 29.3 Å². The maximum absolute atomic E-state index is 11.9. The molecule has 5 heteroatoms. The molecule has 0 bridgehead atoms. The van der Waals surface area contributed by atoms with E-state index in [0.29, 0.717) is 17.7 Å². The van der Waals surface area contributed by atoms with Crippen LogP contribution in [0.3, 0.4) is 0 Å². The first-order valence-electron chi connectivity index (χ1n) is 7.04. The Morgan fingerprint density at radius 1 is 1.27 bits per heavy atom. The molecule has 0 aliphatic heterocycles. The molecule has 0 saturated carbocycles. The van der Waals surface area contributed by atoms with E-state index in [9.17, 15) is 9.90 Å². The summed E-state index contributed by atoms with van der Waals surface area (Å²) >= 11 is 0. The number of amides is 1. The van der Waals surface area contributed by atoms with Crippen molar-refractivity contribution in [3.05, 3.63) is 59.7 Å². The molecule has 114 valence electrons. The van der Waals surface area contributed by atoms with Gasteiger partial charge in [0, 0.05) is 5.56 Å². The molecular weight excluding hydrogens is 280 g/mol. The fourth-order valence-electron chi connectivity index (χ4n) is 1.76. The molecule has 0 heterocycles. The van der Waals surface area contributed by atoms with Gasteiger partial charge in [0.25, 0.3) is 5.91 Å². The second-order valence-corrected chi connectivity index (χ2v) is 4.67. The molecule has 0 spiro atoms. The van der Waals surface area contributed by atoms with Crippen molar-refractivity contribution in [3.63, 3.8) is 0 Å². The number of phenols is 1. The van der Waals surface area contributed by atoms with E-state index in [0.717, 1.165) is 12.2 Å². The van der Waals surface area contributed by atoms with E-state index in [2.05, 4.69) is 10.5 Å². The Bertz CT molecular complexity index is 651. The van der Waals surface area contributed by atoms with Gasteiger partial charge >= 0.3 is 0 Å². The summed E-state index contributed by atoms with van der Waals surface area (Å²) in [4.78, 5) is 11.9. The van der Waals surface area contributed by atoms with Crippen LogP contribution in [0.25, 0.3) is 0 Å². The van der Waals surface area contributed by atoms with Crippen LogP contribution in [0, 0.1) is 0 Å². The molecule has 2 N–H and O–H groups in total. The van der Waals surface area contributed by atoms with Crippen molar-refractivity contribution in [1.29, 1.82) is 0 Å². The molecule has 0 aliphatic carbocycles. The zero-order chi connectivity index (χ0) is 15.8. The van der Waals surface area contributed by atoms with Crippen LogP contribution >= 0.6 is 0 Å². The highest BCUT2D eigenvalue weighted by Crippen LogP contribution is 2.12. The van der Waals surface area contributed by atoms with Crippen molar-refractivity contribution in [2.75, 3.05) is 6.61 Å². The number of hydrogen-bond donors (Lipinski definition) is 2. The molecular formula is C17H18N2O3. The number of carbonyl (C=O) groups excluding carboxylic acids is 1. The van der Waals surface area contributed by atoms with Crippen LogP contribution in [0.15, 0.2) is 53.6 Å². The maximum atomic E-state index is 11.9. The van der Waals surface area contributed by atoms with E-state index in [-0.39, 0.29) is 11.7 Å². The van der Waals surface area contributed by atoms with Crippen LogP contribution in [0.5, 0.6) is 11.5 Å². The molecule has 2 aromatic rings. The Morgan fingerprint density at radius 2 is 2.05 bits per heavy atom. The third kappa shape index (κ3) is 4.63. The summed E-state index contributed by atoms with van der Waals surface area (Å²) in [7, 11) is 0. The number of ether oxygens (including phenoxy) is 1. The van der Waals surface area contributed by atoms with Gasteiger partial charge in [-0.15, -0.1) is 0 Å². The highest BCUT2D eigenvalue weighted by Gasteiger charge is 2.04. The van der Waals surface area contributed by atoms with E-state index in [1.54, 1.807) is 48.5 Å². The minimum atomic E-state index is -0.307. The summed E-state index contributed by atoms with van der Waals surface area (Å²) in [6.07, 6.45) is 2.41. The Balaban J connectivity index is 1.91. The van der Waals surface area contributed by atoms with Crippen molar-refractivity contribution < 1.29 is 14.6 Å². The van der Waals surface area contributed by atoms with Gasteiger partial charge in [0.2, 0.25) is 0 Å². The first-order valence-corrected chi connectivity index (χ1v) is 7.04. The number of benzene rings is 2. The number of phenolic OH excluding ortho intramolecular Hbond substituents is 1. The molecule has 5 nitrogen and oxygen atoms in total. The van der Waals surface area contributed by atoms with Gasteiger partial charge in [-0.05, 0) is 48.4 Å². The number of hydrazone groups is 1. The molecule has 2 rings (SSSR count). The smallest absolute Gasteiger partial charge is 0.271 e. The highest BCUT2D eigenvalue weighted by molar-refractivity contribution is 5.95. The molecule has 0 aliphatic rings. The molecule has 0 aromatic heterocycles. The summed E-state index contributed by atoms with van der Waals surface area (Å²) in [5.74, 6) is 0.582. The average molecular weight is 298 g/mol. The molecule has 0 atom stereocenters. The number of nitrogens with one attached hydrogen (secondary N) is 1. The minimum absolute atomic E-state index is 0.151. The summed E-state index contributed by atoms with van der Waals surface area (Å²) in [6, 6.07) is 13.5. The predicted molar refractivity (Wildman–Crippen MR) is 85.4 cm³/mol. The van der Waals surface area contributed by atoms with Gasteiger partial charge in [-0.25, -0.2) is 5.43 Å². The van der Waals surface area contributed by atoms with Crippen LogP contribution in [0.2, 0.25) is 0 Å². The lowest BCUT2D eigenvalue weighted by Crippen LogP contribution is -2.17. The predicted octanol–water partition coefficient (Wildman–Crippen LogP) is 2.94. The van der Waals surface area contributed by atoms with Crippen molar-refractivity contribution in [3.8, 4) is 11.5 Å². The van der Waals surface area contributed by atoms with E-state index in [1.165, 1.54) is 6.21 Å². The van der Waals surface area contributed by atoms with Gasteiger partial charge in [-0.2, -0.15) is 5.10 Å². The number of aromatic hydroxyl groups is 1. The Morgan fingerprint density at radius 3 is 2.73 bits per heavy atom. The maximum Gasteiger partial charge on any atom is 0.271 e. The van der Waals surface area contributed by atoms with E-state index in [4.69, 9.17) is 4.74 Å². The van der Waals surface area contributed by atoms with Crippen LogP contribution in [-0.2, 0) is 0 Å². The van der Waals surface area contributed by atoms with Crippen molar-refractivity contribution >= 4 is 12.1 Å². The first kappa shape index (κ1) is 15.6. The van der Waals surface area contributed by atoms with Crippen LogP contribution < -0.4 is 10.2 Å². The van der Waals surface area contributed by atoms with Gasteiger partial charge in [-0.1, -0.05) is 19.1 Å². The Labute approximate surface area is 129 Å². The fourth-order valence-corrected chi connectivity index (χ4v) is 1.76. The van der Waals surface area contributed by atoms with Crippen LogP contribution in [-0.4, -0.2) is 23.8 Å². The number of rotatable bonds is 6. The Kier molecular flexibility index (Phi) is 5.54. The summed E-state index contributed by atoms with van der Waals surface area (Å²) in [5.41, 5.74) is 3.63. The monoisotopic (exact) mass is 298 g/mol. The zero-order valence-electron chi connectivity index (χ0n) is 12.3. The third-order valence-electron chi connectivity index (χ3n) is 2.84. The lowest BCUT2D eigenvalue weighted by molar-refractivity contribution is 0.0955. The topological polar surface area (TPSA) is 70.9 Å². The molecule has 0 radical (unpaired) electrons. The van der Waals surface area contributed by atoms with E-state index >= 15 is 0 Å². The van der Waals surface area contributed by atoms with Gasteiger partial charge < -0.3 is 9.84 Å². The summed E-state index contributed by atoms with van der Waals surface area (Å²) in [6.45, 7) is 2.69. The minimum Gasteiger partial charge on any atom is -0.508 e. The number of hydrogen-bond acceptors (Lipinski definition) is 4. The summed E-state index contributed by atoms with van der Waals surface area (Å²) < 4.78 is 5.46. The van der Waals surface area contributed by atoms with Crippen molar-refractivity contribution in [2.45, 2.75) is 13.3 Å². The van der Waals surface area contributed by atoms with Gasteiger partial charge in [0.05, 0.1) is 12.8 Å². The van der Waals surface area contributed by atoms with Crippen LogP contribution in [0.4, 0.5) is 0 Å². The molecule has 22 heavy (non-hydrogen) atoms. The lowest BCUT2D eigenvalue weighted by Gasteiger charge is -2.05. The fraction of sp³-hybridized carbons (Fsp3) is 0.176. The normalized spacial score (nSPS) is 10.6. The quantitative estimate of drug-likeness (QED) is 0.636. The lowest BCUT2D eigenvalue weighted by atomic mass is 10.2. The largest absolute Gasteiger partial charge is 0.508 e. The second-order valence-electron chi connectivity index (χ2n) is 4.67. The second kappa shape index (κ2) is 7.83. The first-order chi connectivity index (χ1) is 10.7. The van der Waals surface area contributed by atoms with Crippen molar-refractivity contribution in [2.24, 2.45) is 5.10 Å². The zero-order valence-corrected chi connectivity index (χ0v) is 12.3. The average Bonchev–Trinajstić information content (AvgIpc) is 2.53. The Hall–Kier alpha value is -2.82. The number of carbonyl (C=O) groups is 1. The molecule has 2 aromatic carbocycles. The third-order valence-corrected chi connectivity index (χ3v) is 2.84. The SMILES string of the molecule is CCCOc1ccc(C(=O)N/N=C/c2cccc(O)c2)cc1. The van der Waals surface area contributed by atoms with Gasteiger partial charge in [0.15, 0.2) is 0 Å². The molecule has 1 amide bonds. The molecule has 0 unspecified atom stereocenters. The summed E-state index contributed by atoms with van der Waals surface area (Å²) in [5, 5.41) is 13.2. The molecule has 0 saturated heterocycles. The number of nitrogens with zero attached hydrogens (tertiary/aromatic N) is 1. The van der Waals surface area contributed by atoms with Gasteiger partial charge in [0.1, 0.15) is 11.5 Å².